The molecule has 0 saturated heterocycles. The van der Waals surface area contributed by atoms with Crippen molar-refractivity contribution in [2.45, 2.75) is 13.8 Å². The maximum Gasteiger partial charge on any atom is 0.421 e. The van der Waals surface area contributed by atoms with Gasteiger partial charge in [0.15, 0.2) is 0 Å². The SMILES string of the molecule is CC(C)C(=O)NCCOCCOCCOC(=O)NS(=O)(=O)NCC(=O)O. The Morgan fingerprint density at radius 1 is 1.00 bits per heavy atom. The summed E-state index contributed by atoms with van der Waals surface area (Å²) in [5.41, 5.74) is 0. The average molecular weight is 399 g/mol. The number of carboxylic acids is 1. The predicted molar refractivity (Wildman–Crippen MR) is 88.5 cm³/mol. The fourth-order valence-corrected chi connectivity index (χ4v) is 1.96. The highest BCUT2D eigenvalue weighted by atomic mass is 32.2. The fourth-order valence-electron chi connectivity index (χ4n) is 1.30. The van der Waals surface area contributed by atoms with Gasteiger partial charge in [-0.05, 0) is 0 Å². The van der Waals surface area contributed by atoms with Crippen LogP contribution in [0.4, 0.5) is 4.79 Å². The van der Waals surface area contributed by atoms with E-state index >= 15 is 0 Å². The first-order valence-corrected chi connectivity index (χ1v) is 9.21. The number of hydrogen-bond acceptors (Lipinski definition) is 8. The number of amides is 2. The van der Waals surface area contributed by atoms with Crippen LogP contribution in [0, 0.1) is 5.92 Å². The van der Waals surface area contributed by atoms with E-state index in [2.05, 4.69) is 10.1 Å². The number of carbonyl (C=O) groups excluding carboxylic acids is 2. The fraction of sp³-hybridized carbons (Fsp3) is 0.769. The maximum atomic E-state index is 11.3. The number of carboxylic acid groups (broad SMARTS) is 1. The molecule has 0 saturated carbocycles. The summed E-state index contributed by atoms with van der Waals surface area (Å²) in [6.07, 6.45) is -1.26. The van der Waals surface area contributed by atoms with Gasteiger partial charge < -0.3 is 24.6 Å². The predicted octanol–water partition coefficient (Wildman–Crippen LogP) is -1.56. The van der Waals surface area contributed by atoms with Crippen LogP contribution >= 0.6 is 0 Å². The normalized spacial score (nSPS) is 11.2. The van der Waals surface area contributed by atoms with Crippen molar-refractivity contribution in [1.29, 1.82) is 0 Å². The molecule has 12 nitrogen and oxygen atoms in total. The Morgan fingerprint density at radius 3 is 2.15 bits per heavy atom. The molecule has 0 aromatic heterocycles. The minimum absolute atomic E-state index is 0.0173. The first-order valence-electron chi connectivity index (χ1n) is 7.73. The van der Waals surface area contributed by atoms with Crippen LogP contribution in [0.3, 0.4) is 0 Å². The quantitative estimate of drug-likeness (QED) is 0.252. The van der Waals surface area contributed by atoms with Crippen molar-refractivity contribution < 1.29 is 42.1 Å². The Kier molecular flexibility index (Phi) is 12.3. The molecule has 0 bridgehead atoms. The van der Waals surface area contributed by atoms with Gasteiger partial charge in [-0.15, -0.1) is 0 Å². The highest BCUT2D eigenvalue weighted by Crippen LogP contribution is 1.89. The second-order valence-electron chi connectivity index (χ2n) is 5.13. The molecular weight excluding hydrogens is 374 g/mol. The second-order valence-corrected chi connectivity index (χ2v) is 6.63. The number of carbonyl (C=O) groups is 3. The number of aliphatic carboxylic acids is 1. The van der Waals surface area contributed by atoms with Gasteiger partial charge in [0.05, 0.1) is 26.4 Å². The molecule has 2 amide bonds. The molecule has 0 fully saturated rings. The Balaban J connectivity index is 3.56. The van der Waals surface area contributed by atoms with E-state index in [-0.39, 0.29) is 38.3 Å². The van der Waals surface area contributed by atoms with E-state index in [0.717, 1.165) is 0 Å². The zero-order valence-corrected chi connectivity index (χ0v) is 15.5. The molecule has 13 heteroatoms. The molecular formula is C13H25N3O9S. The molecule has 0 aliphatic heterocycles. The van der Waals surface area contributed by atoms with Crippen LogP contribution in [0.1, 0.15) is 13.8 Å². The van der Waals surface area contributed by atoms with Gasteiger partial charge in [0.25, 0.3) is 0 Å². The van der Waals surface area contributed by atoms with E-state index in [9.17, 15) is 22.8 Å². The van der Waals surface area contributed by atoms with Crippen molar-refractivity contribution in [3.63, 3.8) is 0 Å². The Hall–Kier alpha value is -1.96. The Bertz CT molecular complexity index is 551. The van der Waals surface area contributed by atoms with Crippen LogP contribution in [0.2, 0.25) is 0 Å². The largest absolute Gasteiger partial charge is 0.480 e. The summed E-state index contributed by atoms with van der Waals surface area (Å²) in [5, 5.41) is 11.0. The molecule has 0 aromatic rings. The van der Waals surface area contributed by atoms with Crippen LogP contribution in [0.5, 0.6) is 0 Å². The standard InChI is InChI=1S/C13H25N3O9S/c1-10(2)12(19)14-3-4-23-5-6-24-7-8-25-13(20)16-26(21,22)15-9-11(17)18/h10,15H,3-9H2,1-2H3,(H,14,19)(H,16,20)(H,17,18). The lowest BCUT2D eigenvalue weighted by Crippen LogP contribution is -2.42. The van der Waals surface area contributed by atoms with Gasteiger partial charge in [0.2, 0.25) is 5.91 Å². The average Bonchev–Trinajstić information content (AvgIpc) is 2.54. The van der Waals surface area contributed by atoms with Crippen molar-refractivity contribution in [3.8, 4) is 0 Å². The van der Waals surface area contributed by atoms with Gasteiger partial charge in [-0.3, -0.25) is 9.59 Å². The molecule has 0 radical (unpaired) electrons. The molecule has 0 aliphatic rings. The van der Waals surface area contributed by atoms with E-state index in [1.807, 2.05) is 0 Å². The van der Waals surface area contributed by atoms with Crippen LogP contribution in [0.15, 0.2) is 0 Å². The molecule has 0 rings (SSSR count). The summed E-state index contributed by atoms with van der Waals surface area (Å²) in [6, 6.07) is 0. The van der Waals surface area contributed by atoms with E-state index in [0.29, 0.717) is 13.2 Å². The van der Waals surface area contributed by atoms with Crippen LogP contribution in [-0.2, 0) is 34.0 Å². The van der Waals surface area contributed by atoms with Gasteiger partial charge in [-0.2, -0.15) is 13.1 Å². The molecule has 0 aliphatic carbocycles. The number of hydrogen-bond donors (Lipinski definition) is 4. The third kappa shape index (κ3) is 14.4. The lowest BCUT2D eigenvalue weighted by Gasteiger charge is -2.09. The third-order valence-electron chi connectivity index (χ3n) is 2.53. The summed E-state index contributed by atoms with van der Waals surface area (Å²) in [5.74, 6) is -1.54. The lowest BCUT2D eigenvalue weighted by molar-refractivity contribution is -0.135. The van der Waals surface area contributed by atoms with Crippen LogP contribution < -0.4 is 14.8 Å². The highest BCUT2D eigenvalue weighted by Gasteiger charge is 2.16. The van der Waals surface area contributed by atoms with Crippen molar-refractivity contribution >= 4 is 28.2 Å². The lowest BCUT2D eigenvalue weighted by atomic mass is 10.2. The summed E-state index contributed by atoms with van der Waals surface area (Å²) >= 11 is 0. The monoisotopic (exact) mass is 399 g/mol. The Morgan fingerprint density at radius 2 is 1.58 bits per heavy atom. The number of rotatable bonds is 14. The highest BCUT2D eigenvalue weighted by molar-refractivity contribution is 7.88. The molecule has 0 aromatic carbocycles. The van der Waals surface area contributed by atoms with E-state index in [1.165, 1.54) is 4.72 Å². The van der Waals surface area contributed by atoms with E-state index in [4.69, 9.17) is 14.6 Å². The molecule has 0 heterocycles. The number of nitrogens with one attached hydrogen (secondary N) is 3. The zero-order valence-electron chi connectivity index (χ0n) is 14.6. The number of ether oxygens (including phenoxy) is 3. The Labute approximate surface area is 151 Å². The van der Waals surface area contributed by atoms with Gasteiger partial charge in [0.1, 0.15) is 13.2 Å². The molecule has 26 heavy (non-hydrogen) atoms. The minimum atomic E-state index is -4.29. The van der Waals surface area contributed by atoms with Crippen molar-refractivity contribution in [1.82, 2.24) is 14.8 Å². The minimum Gasteiger partial charge on any atom is -0.480 e. The molecule has 4 N–H and O–H groups in total. The van der Waals surface area contributed by atoms with Gasteiger partial charge >= 0.3 is 22.3 Å². The topological polar surface area (TPSA) is 169 Å². The summed E-state index contributed by atoms with van der Waals surface area (Å²) in [6.45, 7) is 3.75. The van der Waals surface area contributed by atoms with Gasteiger partial charge in [-0.25, -0.2) is 9.52 Å². The molecule has 0 spiro atoms. The van der Waals surface area contributed by atoms with Crippen LogP contribution in [-0.4, -0.2) is 77.6 Å². The summed E-state index contributed by atoms with van der Waals surface area (Å²) < 4.78 is 40.4. The van der Waals surface area contributed by atoms with Gasteiger partial charge in [-0.1, -0.05) is 13.8 Å². The zero-order chi connectivity index (χ0) is 20.0. The maximum absolute atomic E-state index is 11.3. The molecule has 0 atom stereocenters. The third-order valence-corrected chi connectivity index (χ3v) is 3.49. The van der Waals surface area contributed by atoms with Crippen molar-refractivity contribution in [2.75, 3.05) is 46.1 Å². The van der Waals surface area contributed by atoms with Crippen molar-refractivity contribution in [3.05, 3.63) is 0 Å². The molecule has 152 valence electrons. The summed E-state index contributed by atoms with van der Waals surface area (Å²) in [7, 11) is -4.29. The summed E-state index contributed by atoms with van der Waals surface area (Å²) in [4.78, 5) is 32.7. The van der Waals surface area contributed by atoms with E-state index in [1.54, 1.807) is 18.6 Å². The first kappa shape index (κ1) is 24.0. The van der Waals surface area contributed by atoms with Crippen LogP contribution in [0.25, 0.3) is 0 Å². The van der Waals surface area contributed by atoms with Gasteiger partial charge in [0, 0.05) is 12.5 Å². The second kappa shape index (κ2) is 13.3. The first-order chi connectivity index (χ1) is 12.1. The smallest absolute Gasteiger partial charge is 0.421 e. The van der Waals surface area contributed by atoms with Crippen molar-refractivity contribution in [2.24, 2.45) is 5.92 Å². The molecule has 0 unspecified atom stereocenters. The van der Waals surface area contributed by atoms with E-state index < -0.39 is 28.8 Å².